The average molecular weight is 286 g/mol. The van der Waals surface area contributed by atoms with Crippen molar-refractivity contribution in [1.82, 2.24) is 14.8 Å². The van der Waals surface area contributed by atoms with E-state index in [1.54, 1.807) is 0 Å². The molecule has 1 aromatic carbocycles. The summed E-state index contributed by atoms with van der Waals surface area (Å²) in [6, 6.07) is 10.2. The number of para-hydroxylation sites is 1. The molecule has 1 unspecified atom stereocenters. The van der Waals surface area contributed by atoms with Gasteiger partial charge in [0.05, 0.1) is 6.54 Å². The summed E-state index contributed by atoms with van der Waals surface area (Å²) >= 11 is 0. The average Bonchev–Trinajstić information content (AvgIpc) is 2.80. The highest BCUT2D eigenvalue weighted by Gasteiger charge is 2.19. The predicted molar refractivity (Wildman–Crippen MR) is 86.2 cm³/mol. The van der Waals surface area contributed by atoms with Crippen LogP contribution >= 0.6 is 0 Å². The van der Waals surface area contributed by atoms with Crippen molar-refractivity contribution in [1.29, 1.82) is 0 Å². The molecule has 2 rings (SSSR count). The fraction of sp³-hybridized carbons (Fsp3) is 0.529. The number of benzene rings is 1. The molecule has 0 aliphatic carbocycles. The Morgan fingerprint density at radius 2 is 1.71 bits per heavy atom. The molecule has 21 heavy (non-hydrogen) atoms. The Bertz CT molecular complexity index is 566. The summed E-state index contributed by atoms with van der Waals surface area (Å²) in [5.74, 6) is 2.37. The Hall–Kier alpha value is -1.68. The van der Waals surface area contributed by atoms with Crippen LogP contribution in [0.4, 0.5) is 0 Å². The van der Waals surface area contributed by atoms with Gasteiger partial charge in [0.25, 0.3) is 0 Å². The quantitative estimate of drug-likeness (QED) is 0.917. The molecule has 0 fully saturated rings. The first-order valence-electron chi connectivity index (χ1n) is 7.59. The second-order valence-electron chi connectivity index (χ2n) is 6.98. The summed E-state index contributed by atoms with van der Waals surface area (Å²) in [6.07, 6.45) is 2.08. The van der Waals surface area contributed by atoms with Gasteiger partial charge in [0, 0.05) is 12.1 Å². The highest BCUT2D eigenvalue weighted by molar-refractivity contribution is 5.34. The van der Waals surface area contributed by atoms with Gasteiger partial charge in [-0.1, -0.05) is 45.9 Å². The van der Waals surface area contributed by atoms with E-state index in [1.807, 2.05) is 18.2 Å². The zero-order valence-electron chi connectivity index (χ0n) is 13.5. The van der Waals surface area contributed by atoms with Crippen LogP contribution in [0.3, 0.4) is 0 Å². The fourth-order valence-corrected chi connectivity index (χ4v) is 2.92. The Kier molecular flexibility index (Phi) is 4.78. The monoisotopic (exact) mass is 286 g/mol. The van der Waals surface area contributed by atoms with Gasteiger partial charge in [-0.2, -0.15) is 0 Å². The molecule has 0 aliphatic rings. The van der Waals surface area contributed by atoms with Crippen molar-refractivity contribution in [2.24, 2.45) is 17.1 Å². The van der Waals surface area contributed by atoms with Crippen LogP contribution in [0.25, 0.3) is 5.69 Å². The normalized spacial score (nSPS) is 13.4. The lowest BCUT2D eigenvalue weighted by Crippen LogP contribution is -2.16. The maximum Gasteiger partial charge on any atom is 0.151 e. The smallest absolute Gasteiger partial charge is 0.151 e. The van der Waals surface area contributed by atoms with Gasteiger partial charge < -0.3 is 5.73 Å². The highest BCUT2D eigenvalue weighted by Crippen LogP contribution is 2.26. The first kappa shape index (κ1) is 15.7. The van der Waals surface area contributed by atoms with Crippen LogP contribution in [0.5, 0.6) is 0 Å². The molecule has 0 saturated heterocycles. The van der Waals surface area contributed by atoms with Gasteiger partial charge in [-0.3, -0.25) is 4.57 Å². The summed E-state index contributed by atoms with van der Waals surface area (Å²) in [5, 5.41) is 8.61. The SMILES string of the molecule is CC(Cc1nnc(CN)n1-c1ccccc1)CC(C)(C)C. The molecule has 1 atom stereocenters. The Labute approximate surface area is 127 Å². The van der Waals surface area contributed by atoms with Crippen LogP contribution in [-0.4, -0.2) is 14.8 Å². The molecule has 2 aromatic rings. The maximum absolute atomic E-state index is 5.81. The van der Waals surface area contributed by atoms with Gasteiger partial charge >= 0.3 is 0 Å². The molecule has 0 radical (unpaired) electrons. The lowest BCUT2D eigenvalue weighted by molar-refractivity contribution is 0.303. The molecule has 1 aromatic heterocycles. The van der Waals surface area contributed by atoms with Crippen molar-refractivity contribution in [2.45, 2.75) is 47.1 Å². The molecule has 1 heterocycles. The molecular formula is C17H26N4. The van der Waals surface area contributed by atoms with Crippen LogP contribution in [0, 0.1) is 11.3 Å². The number of hydrogen-bond acceptors (Lipinski definition) is 3. The molecule has 0 amide bonds. The predicted octanol–water partition coefficient (Wildman–Crippen LogP) is 3.34. The van der Waals surface area contributed by atoms with Gasteiger partial charge in [0.1, 0.15) is 5.82 Å². The topological polar surface area (TPSA) is 56.7 Å². The molecule has 0 spiro atoms. The lowest BCUT2D eigenvalue weighted by Gasteiger charge is -2.23. The number of aromatic nitrogens is 3. The molecule has 2 N–H and O–H groups in total. The van der Waals surface area contributed by atoms with Crippen molar-refractivity contribution in [2.75, 3.05) is 0 Å². The van der Waals surface area contributed by atoms with E-state index in [9.17, 15) is 0 Å². The zero-order valence-corrected chi connectivity index (χ0v) is 13.5. The second-order valence-corrected chi connectivity index (χ2v) is 6.98. The third-order valence-electron chi connectivity index (χ3n) is 3.49. The molecule has 4 nitrogen and oxygen atoms in total. The maximum atomic E-state index is 5.81. The Balaban J connectivity index is 2.27. The van der Waals surface area contributed by atoms with E-state index in [2.05, 4.69) is 54.6 Å². The van der Waals surface area contributed by atoms with E-state index < -0.39 is 0 Å². The van der Waals surface area contributed by atoms with Gasteiger partial charge in [0.2, 0.25) is 0 Å². The second kappa shape index (κ2) is 6.39. The van der Waals surface area contributed by atoms with E-state index >= 15 is 0 Å². The minimum absolute atomic E-state index is 0.327. The number of nitrogens with two attached hydrogens (primary N) is 1. The molecule has 4 heteroatoms. The van der Waals surface area contributed by atoms with Crippen LogP contribution in [0.15, 0.2) is 30.3 Å². The minimum atomic E-state index is 0.327. The molecule has 114 valence electrons. The van der Waals surface area contributed by atoms with Crippen molar-refractivity contribution in [3.63, 3.8) is 0 Å². The summed E-state index contributed by atoms with van der Waals surface area (Å²) < 4.78 is 2.10. The zero-order chi connectivity index (χ0) is 15.5. The number of hydrogen-bond donors (Lipinski definition) is 1. The third kappa shape index (κ3) is 4.14. The van der Waals surface area contributed by atoms with Crippen molar-refractivity contribution >= 4 is 0 Å². The van der Waals surface area contributed by atoms with E-state index in [-0.39, 0.29) is 0 Å². The first-order chi connectivity index (χ1) is 9.90. The first-order valence-corrected chi connectivity index (χ1v) is 7.59. The lowest BCUT2D eigenvalue weighted by atomic mass is 9.84. The van der Waals surface area contributed by atoms with Gasteiger partial charge in [-0.05, 0) is 29.9 Å². The van der Waals surface area contributed by atoms with E-state index in [0.717, 1.165) is 30.2 Å². The van der Waals surface area contributed by atoms with Gasteiger partial charge in [0.15, 0.2) is 5.82 Å². The Morgan fingerprint density at radius 1 is 1.10 bits per heavy atom. The molecule has 0 saturated carbocycles. The van der Waals surface area contributed by atoms with E-state index in [0.29, 0.717) is 17.9 Å². The number of rotatable bonds is 5. The summed E-state index contributed by atoms with van der Waals surface area (Å²) in [6.45, 7) is 9.50. The summed E-state index contributed by atoms with van der Waals surface area (Å²) in [5.41, 5.74) is 7.22. The van der Waals surface area contributed by atoms with Gasteiger partial charge in [-0.15, -0.1) is 10.2 Å². The van der Waals surface area contributed by atoms with Crippen LogP contribution in [0.2, 0.25) is 0 Å². The highest BCUT2D eigenvalue weighted by atomic mass is 15.3. The van der Waals surface area contributed by atoms with Crippen LogP contribution < -0.4 is 5.73 Å². The molecular weight excluding hydrogens is 260 g/mol. The van der Waals surface area contributed by atoms with E-state index in [1.165, 1.54) is 0 Å². The summed E-state index contributed by atoms with van der Waals surface area (Å²) in [4.78, 5) is 0. The third-order valence-corrected chi connectivity index (χ3v) is 3.49. The van der Waals surface area contributed by atoms with Gasteiger partial charge in [-0.25, -0.2) is 0 Å². The van der Waals surface area contributed by atoms with Crippen LogP contribution in [0.1, 0.15) is 45.8 Å². The van der Waals surface area contributed by atoms with Crippen molar-refractivity contribution in [3.8, 4) is 5.69 Å². The standard InChI is InChI=1S/C17H26N4/c1-13(11-17(2,3)4)10-15-19-20-16(12-18)21(15)14-8-6-5-7-9-14/h5-9,13H,10-12,18H2,1-4H3. The minimum Gasteiger partial charge on any atom is -0.324 e. The van der Waals surface area contributed by atoms with Crippen LogP contribution in [-0.2, 0) is 13.0 Å². The van der Waals surface area contributed by atoms with Crippen molar-refractivity contribution in [3.05, 3.63) is 42.0 Å². The molecule has 0 aliphatic heterocycles. The fourth-order valence-electron chi connectivity index (χ4n) is 2.92. The largest absolute Gasteiger partial charge is 0.324 e. The summed E-state index contributed by atoms with van der Waals surface area (Å²) in [7, 11) is 0. The Morgan fingerprint density at radius 3 is 2.29 bits per heavy atom. The number of nitrogens with zero attached hydrogens (tertiary/aromatic N) is 3. The van der Waals surface area contributed by atoms with Crippen molar-refractivity contribution < 1.29 is 0 Å². The molecule has 0 bridgehead atoms. The van der Waals surface area contributed by atoms with E-state index in [4.69, 9.17) is 5.73 Å².